The minimum Gasteiger partial charge on any atom is -0.468 e. The molecule has 0 aromatic heterocycles. The van der Waals surface area contributed by atoms with Crippen molar-refractivity contribution in [1.82, 2.24) is 5.32 Å². The van der Waals surface area contributed by atoms with Gasteiger partial charge in [0.25, 0.3) is 0 Å². The van der Waals surface area contributed by atoms with Crippen molar-refractivity contribution in [2.24, 2.45) is 0 Å². The van der Waals surface area contributed by atoms with Crippen molar-refractivity contribution in [3.8, 4) is 0 Å². The molecule has 0 saturated heterocycles. The van der Waals surface area contributed by atoms with Gasteiger partial charge in [0.2, 0.25) is 0 Å². The number of benzene rings is 2. The number of hydrogen-bond donors (Lipinski definition) is 1. The smallest absolute Gasteiger partial charge is 0.323 e. The van der Waals surface area contributed by atoms with Crippen LogP contribution in [0.4, 0.5) is 0 Å². The SMILES string of the molecule is COC(=O)[C@H](Cc1ccc(I)cc1)NCc1ccccc1. The lowest BCUT2D eigenvalue weighted by atomic mass is 10.1. The highest BCUT2D eigenvalue weighted by molar-refractivity contribution is 14.1. The van der Waals surface area contributed by atoms with Crippen molar-refractivity contribution < 1.29 is 9.53 Å². The molecule has 0 saturated carbocycles. The Morgan fingerprint density at radius 2 is 1.76 bits per heavy atom. The second-order valence-corrected chi connectivity index (χ2v) is 6.02. The molecule has 0 bridgehead atoms. The molecular formula is C17H18INO2. The van der Waals surface area contributed by atoms with E-state index >= 15 is 0 Å². The molecule has 0 unspecified atom stereocenters. The predicted molar refractivity (Wildman–Crippen MR) is 91.9 cm³/mol. The van der Waals surface area contributed by atoms with Gasteiger partial charge in [0.1, 0.15) is 6.04 Å². The van der Waals surface area contributed by atoms with E-state index < -0.39 is 0 Å². The van der Waals surface area contributed by atoms with E-state index in [2.05, 4.69) is 27.9 Å². The van der Waals surface area contributed by atoms with Gasteiger partial charge in [-0.2, -0.15) is 0 Å². The number of carbonyl (C=O) groups is 1. The monoisotopic (exact) mass is 395 g/mol. The van der Waals surface area contributed by atoms with Gasteiger partial charge < -0.3 is 10.1 Å². The molecule has 21 heavy (non-hydrogen) atoms. The molecule has 0 aliphatic rings. The van der Waals surface area contributed by atoms with Crippen LogP contribution in [0.2, 0.25) is 0 Å². The molecule has 0 aliphatic heterocycles. The maximum Gasteiger partial charge on any atom is 0.323 e. The summed E-state index contributed by atoms with van der Waals surface area (Å²) in [6.45, 7) is 0.644. The van der Waals surface area contributed by atoms with Crippen LogP contribution in [0.5, 0.6) is 0 Å². The molecule has 110 valence electrons. The van der Waals surface area contributed by atoms with Gasteiger partial charge in [-0.05, 0) is 52.3 Å². The van der Waals surface area contributed by atoms with Gasteiger partial charge >= 0.3 is 5.97 Å². The second kappa shape index (κ2) is 8.14. The Balaban J connectivity index is 2.01. The van der Waals surface area contributed by atoms with Gasteiger partial charge in [0, 0.05) is 10.1 Å². The number of halogens is 1. The molecule has 1 N–H and O–H groups in total. The van der Waals surface area contributed by atoms with Crippen molar-refractivity contribution in [2.75, 3.05) is 7.11 Å². The fourth-order valence-electron chi connectivity index (χ4n) is 2.07. The third-order valence-electron chi connectivity index (χ3n) is 3.23. The summed E-state index contributed by atoms with van der Waals surface area (Å²) in [4.78, 5) is 11.9. The fraction of sp³-hybridized carbons (Fsp3) is 0.235. The van der Waals surface area contributed by atoms with Crippen LogP contribution >= 0.6 is 22.6 Å². The van der Waals surface area contributed by atoms with Crippen molar-refractivity contribution in [2.45, 2.75) is 19.0 Å². The van der Waals surface area contributed by atoms with Crippen molar-refractivity contribution >= 4 is 28.6 Å². The first-order valence-corrected chi connectivity index (χ1v) is 7.86. The average molecular weight is 395 g/mol. The zero-order valence-corrected chi connectivity index (χ0v) is 14.0. The number of ether oxygens (including phenoxy) is 1. The summed E-state index contributed by atoms with van der Waals surface area (Å²) in [5, 5.41) is 3.27. The molecule has 4 heteroatoms. The van der Waals surface area contributed by atoms with E-state index in [0.29, 0.717) is 13.0 Å². The minimum absolute atomic E-state index is 0.232. The number of esters is 1. The molecule has 1 atom stereocenters. The molecule has 0 spiro atoms. The zero-order valence-electron chi connectivity index (χ0n) is 11.9. The number of nitrogens with one attached hydrogen (secondary N) is 1. The first-order valence-electron chi connectivity index (χ1n) is 6.78. The highest BCUT2D eigenvalue weighted by Gasteiger charge is 2.18. The van der Waals surface area contributed by atoms with E-state index in [1.807, 2.05) is 54.6 Å². The number of methoxy groups -OCH3 is 1. The number of carbonyl (C=O) groups excluding carboxylic acids is 1. The lowest BCUT2D eigenvalue weighted by molar-refractivity contribution is -0.143. The lowest BCUT2D eigenvalue weighted by Crippen LogP contribution is -2.39. The highest BCUT2D eigenvalue weighted by atomic mass is 127. The summed E-state index contributed by atoms with van der Waals surface area (Å²) in [6.07, 6.45) is 0.621. The summed E-state index contributed by atoms with van der Waals surface area (Å²) in [5.74, 6) is -0.232. The normalized spacial score (nSPS) is 11.9. The molecule has 0 heterocycles. The molecule has 3 nitrogen and oxygen atoms in total. The van der Waals surface area contributed by atoms with Crippen LogP contribution in [0.1, 0.15) is 11.1 Å². The summed E-state index contributed by atoms with van der Waals surface area (Å²) in [6, 6.07) is 17.9. The topological polar surface area (TPSA) is 38.3 Å². The van der Waals surface area contributed by atoms with Gasteiger partial charge in [-0.25, -0.2) is 0 Å². The number of hydrogen-bond acceptors (Lipinski definition) is 3. The van der Waals surface area contributed by atoms with Gasteiger partial charge in [-0.3, -0.25) is 4.79 Å². The molecule has 0 aliphatic carbocycles. The predicted octanol–water partition coefficient (Wildman–Crippen LogP) is 3.17. The Labute approximate surface area is 138 Å². The van der Waals surface area contributed by atoms with Gasteiger partial charge in [0.15, 0.2) is 0 Å². The Morgan fingerprint density at radius 3 is 2.38 bits per heavy atom. The van der Waals surface area contributed by atoms with Gasteiger partial charge in [0.05, 0.1) is 7.11 Å². The summed E-state index contributed by atoms with van der Waals surface area (Å²) in [7, 11) is 1.42. The van der Waals surface area contributed by atoms with E-state index in [-0.39, 0.29) is 12.0 Å². The first kappa shape index (κ1) is 16.0. The Morgan fingerprint density at radius 1 is 1.10 bits per heavy atom. The molecule has 0 radical (unpaired) electrons. The van der Waals surface area contributed by atoms with Gasteiger partial charge in [-0.15, -0.1) is 0 Å². The van der Waals surface area contributed by atoms with E-state index in [9.17, 15) is 4.79 Å². The Kier molecular flexibility index (Phi) is 6.20. The maximum absolute atomic E-state index is 11.9. The van der Waals surface area contributed by atoms with Crippen LogP contribution in [-0.2, 0) is 22.5 Å². The third-order valence-corrected chi connectivity index (χ3v) is 3.95. The van der Waals surface area contributed by atoms with Crippen LogP contribution in [0.3, 0.4) is 0 Å². The van der Waals surface area contributed by atoms with Crippen molar-refractivity contribution in [3.05, 3.63) is 69.3 Å². The van der Waals surface area contributed by atoms with E-state index in [4.69, 9.17) is 4.74 Å². The molecule has 0 amide bonds. The number of rotatable bonds is 6. The highest BCUT2D eigenvalue weighted by Crippen LogP contribution is 2.10. The Hall–Kier alpha value is -1.40. The van der Waals surface area contributed by atoms with Crippen LogP contribution < -0.4 is 5.32 Å². The van der Waals surface area contributed by atoms with Gasteiger partial charge in [-0.1, -0.05) is 42.5 Å². The quantitative estimate of drug-likeness (QED) is 0.603. The third kappa shape index (κ3) is 5.13. The van der Waals surface area contributed by atoms with Crippen LogP contribution in [0, 0.1) is 3.57 Å². The lowest BCUT2D eigenvalue weighted by Gasteiger charge is -2.16. The van der Waals surface area contributed by atoms with Crippen LogP contribution in [0.25, 0.3) is 0 Å². The molecule has 2 aromatic carbocycles. The standard InChI is InChI=1S/C17H18INO2/c1-21-17(20)16(11-13-7-9-15(18)10-8-13)19-12-14-5-3-2-4-6-14/h2-10,16,19H,11-12H2,1H3/t16-/m0/s1. The molecular weight excluding hydrogens is 377 g/mol. The van der Waals surface area contributed by atoms with Crippen LogP contribution in [0.15, 0.2) is 54.6 Å². The van der Waals surface area contributed by atoms with E-state index in [0.717, 1.165) is 11.1 Å². The van der Waals surface area contributed by atoms with Crippen molar-refractivity contribution in [1.29, 1.82) is 0 Å². The molecule has 0 fully saturated rings. The summed E-state index contributed by atoms with van der Waals surface area (Å²) >= 11 is 2.27. The molecule has 2 aromatic rings. The maximum atomic E-state index is 11.9. The summed E-state index contributed by atoms with van der Waals surface area (Å²) < 4.78 is 6.08. The average Bonchev–Trinajstić information content (AvgIpc) is 2.53. The van der Waals surface area contributed by atoms with E-state index in [1.165, 1.54) is 10.7 Å². The van der Waals surface area contributed by atoms with Crippen molar-refractivity contribution in [3.63, 3.8) is 0 Å². The Bertz CT molecular complexity index is 569. The fourth-order valence-corrected chi connectivity index (χ4v) is 2.43. The minimum atomic E-state index is -0.338. The molecule has 2 rings (SSSR count). The zero-order chi connectivity index (χ0) is 15.1. The summed E-state index contributed by atoms with van der Waals surface area (Å²) in [5.41, 5.74) is 2.26. The van der Waals surface area contributed by atoms with Crippen LogP contribution in [-0.4, -0.2) is 19.1 Å². The van der Waals surface area contributed by atoms with E-state index in [1.54, 1.807) is 0 Å². The second-order valence-electron chi connectivity index (χ2n) is 4.77. The first-order chi connectivity index (χ1) is 10.2. The largest absolute Gasteiger partial charge is 0.468 e.